The fraction of sp³-hybridized carbons (Fsp3) is 0.250. The van der Waals surface area contributed by atoms with Gasteiger partial charge in [0.2, 0.25) is 5.89 Å². The zero-order valence-corrected chi connectivity index (χ0v) is 15.6. The number of aryl methyl sites for hydroxylation is 1. The topological polar surface area (TPSA) is 56.2 Å². The van der Waals surface area contributed by atoms with Crippen molar-refractivity contribution in [2.24, 2.45) is 0 Å². The van der Waals surface area contributed by atoms with Crippen LogP contribution in [0.5, 0.6) is 0 Å². The molecule has 0 aliphatic heterocycles. The van der Waals surface area contributed by atoms with Gasteiger partial charge in [0.05, 0.1) is 5.69 Å². The summed E-state index contributed by atoms with van der Waals surface area (Å²) in [5.41, 5.74) is 4.44. The Bertz CT molecular complexity index is 1010. The maximum Gasteiger partial charge on any atom is 0.276 e. The molecule has 0 aliphatic carbocycles. The Balaban J connectivity index is 1.38. The summed E-state index contributed by atoms with van der Waals surface area (Å²) in [6.07, 6.45) is 4.86. The molecule has 0 spiro atoms. The monoisotopic (exact) mass is 364 g/mol. The van der Waals surface area contributed by atoms with E-state index in [1.165, 1.54) is 22.9 Å². The summed E-state index contributed by atoms with van der Waals surface area (Å²) in [6.45, 7) is 4.25. The number of imidazole rings is 1. The highest BCUT2D eigenvalue weighted by atomic mass is 32.2. The van der Waals surface area contributed by atoms with Gasteiger partial charge in [-0.05, 0) is 30.0 Å². The van der Waals surface area contributed by atoms with Crippen LogP contribution in [-0.2, 0) is 12.2 Å². The molecular weight excluding hydrogens is 344 g/mol. The Morgan fingerprint density at radius 2 is 1.92 bits per heavy atom. The predicted molar refractivity (Wildman–Crippen MR) is 102 cm³/mol. The fourth-order valence-corrected chi connectivity index (χ4v) is 3.57. The van der Waals surface area contributed by atoms with Crippen molar-refractivity contribution in [1.82, 2.24) is 19.6 Å². The van der Waals surface area contributed by atoms with Gasteiger partial charge in [-0.3, -0.25) is 0 Å². The molecule has 4 aromatic rings. The van der Waals surface area contributed by atoms with Crippen LogP contribution in [-0.4, -0.2) is 19.6 Å². The van der Waals surface area contributed by atoms with Crippen molar-refractivity contribution in [3.63, 3.8) is 0 Å². The first kappa shape index (κ1) is 16.8. The first-order valence-corrected chi connectivity index (χ1v) is 9.60. The van der Waals surface area contributed by atoms with Crippen molar-refractivity contribution in [3.8, 4) is 0 Å². The van der Waals surface area contributed by atoms with Crippen LogP contribution in [0.2, 0.25) is 0 Å². The van der Waals surface area contributed by atoms with E-state index in [1.807, 2.05) is 22.7 Å². The molecule has 3 heterocycles. The highest BCUT2D eigenvalue weighted by Crippen LogP contribution is 2.24. The van der Waals surface area contributed by atoms with Crippen molar-refractivity contribution in [2.45, 2.75) is 37.2 Å². The molecule has 5 nitrogen and oxygen atoms in total. The van der Waals surface area contributed by atoms with Gasteiger partial charge < -0.3 is 8.82 Å². The van der Waals surface area contributed by atoms with Gasteiger partial charge >= 0.3 is 0 Å². The van der Waals surface area contributed by atoms with E-state index in [0.29, 0.717) is 22.8 Å². The van der Waals surface area contributed by atoms with E-state index in [4.69, 9.17) is 4.42 Å². The summed E-state index contributed by atoms with van der Waals surface area (Å²) in [5, 5.41) is 8.93. The molecule has 0 fully saturated rings. The van der Waals surface area contributed by atoms with Gasteiger partial charge in [0.25, 0.3) is 5.22 Å². The van der Waals surface area contributed by atoms with Crippen molar-refractivity contribution in [2.75, 3.05) is 0 Å². The van der Waals surface area contributed by atoms with Gasteiger partial charge in [0.1, 0.15) is 5.65 Å². The second kappa shape index (κ2) is 7.33. The molecule has 0 N–H and O–H groups in total. The lowest BCUT2D eigenvalue weighted by molar-refractivity contribution is 0.404. The molecule has 0 radical (unpaired) electrons. The third-order valence-corrected chi connectivity index (χ3v) is 5.14. The lowest BCUT2D eigenvalue weighted by Crippen LogP contribution is -1.98. The van der Waals surface area contributed by atoms with Crippen LogP contribution in [0.15, 0.2) is 64.5 Å². The maximum atomic E-state index is 5.80. The molecule has 1 atom stereocenters. The van der Waals surface area contributed by atoms with Crippen molar-refractivity contribution in [3.05, 3.63) is 77.6 Å². The van der Waals surface area contributed by atoms with Crippen molar-refractivity contribution >= 4 is 17.4 Å². The van der Waals surface area contributed by atoms with Crippen LogP contribution in [0.3, 0.4) is 0 Å². The summed E-state index contributed by atoms with van der Waals surface area (Å²) in [6, 6.07) is 14.5. The number of thioether (sulfide) groups is 1. The highest BCUT2D eigenvalue weighted by Gasteiger charge is 2.13. The van der Waals surface area contributed by atoms with E-state index >= 15 is 0 Å². The Hall–Kier alpha value is -2.60. The molecule has 132 valence electrons. The molecule has 0 saturated heterocycles. The second-order valence-electron chi connectivity index (χ2n) is 6.47. The van der Waals surface area contributed by atoms with Gasteiger partial charge in [-0.15, -0.1) is 10.2 Å². The summed E-state index contributed by atoms with van der Waals surface area (Å²) in [5.74, 6) is 1.72. The van der Waals surface area contributed by atoms with Gasteiger partial charge in [-0.25, -0.2) is 4.98 Å². The quantitative estimate of drug-likeness (QED) is 0.466. The lowest BCUT2D eigenvalue weighted by Gasteiger charge is -2.08. The molecule has 1 aromatic carbocycles. The van der Waals surface area contributed by atoms with Gasteiger partial charge in [0, 0.05) is 24.6 Å². The first-order chi connectivity index (χ1) is 12.7. The molecule has 0 aliphatic rings. The smallest absolute Gasteiger partial charge is 0.276 e. The Kier molecular flexibility index (Phi) is 4.75. The second-order valence-corrected chi connectivity index (χ2v) is 7.40. The summed E-state index contributed by atoms with van der Waals surface area (Å²) < 4.78 is 7.84. The van der Waals surface area contributed by atoms with Crippen LogP contribution in [0, 0.1) is 6.92 Å². The van der Waals surface area contributed by atoms with Gasteiger partial charge in [-0.1, -0.05) is 55.1 Å². The minimum Gasteiger partial charge on any atom is -0.416 e. The van der Waals surface area contributed by atoms with Crippen LogP contribution >= 0.6 is 11.8 Å². The molecule has 1 unspecified atom stereocenters. The van der Waals surface area contributed by atoms with E-state index in [-0.39, 0.29) is 0 Å². The minimum absolute atomic E-state index is 0.344. The average Bonchev–Trinajstić information content (AvgIpc) is 3.26. The lowest BCUT2D eigenvalue weighted by atomic mass is 9.98. The zero-order valence-electron chi connectivity index (χ0n) is 14.8. The number of hydrogen-bond donors (Lipinski definition) is 0. The SMILES string of the molecule is Cc1ccc2nc(CSc3nnc(CC(C)c4ccccc4)o3)cn2c1. The molecule has 6 heteroatoms. The molecule has 0 bridgehead atoms. The van der Waals surface area contributed by atoms with E-state index in [1.54, 1.807) is 0 Å². The van der Waals surface area contributed by atoms with E-state index < -0.39 is 0 Å². The maximum absolute atomic E-state index is 5.80. The minimum atomic E-state index is 0.344. The largest absolute Gasteiger partial charge is 0.416 e. The average molecular weight is 364 g/mol. The van der Waals surface area contributed by atoms with Crippen LogP contribution in [0.1, 0.15) is 35.6 Å². The van der Waals surface area contributed by atoms with Crippen LogP contribution < -0.4 is 0 Å². The van der Waals surface area contributed by atoms with Crippen LogP contribution in [0.25, 0.3) is 5.65 Å². The number of aromatic nitrogens is 4. The van der Waals surface area contributed by atoms with Crippen molar-refractivity contribution < 1.29 is 4.42 Å². The van der Waals surface area contributed by atoms with Crippen molar-refractivity contribution in [1.29, 1.82) is 0 Å². The fourth-order valence-electron chi connectivity index (χ4n) is 2.90. The first-order valence-electron chi connectivity index (χ1n) is 8.62. The molecule has 3 aromatic heterocycles. The highest BCUT2D eigenvalue weighted by molar-refractivity contribution is 7.98. The van der Waals surface area contributed by atoms with E-state index in [2.05, 4.69) is 65.6 Å². The number of nitrogens with zero attached hydrogens (tertiary/aromatic N) is 4. The molecule has 0 amide bonds. The number of rotatable bonds is 6. The van der Waals surface area contributed by atoms with E-state index in [0.717, 1.165) is 17.8 Å². The zero-order chi connectivity index (χ0) is 17.9. The summed E-state index contributed by atoms with van der Waals surface area (Å²) in [4.78, 5) is 4.62. The number of hydrogen-bond acceptors (Lipinski definition) is 5. The molecule has 4 rings (SSSR count). The third-order valence-electron chi connectivity index (χ3n) is 4.29. The van der Waals surface area contributed by atoms with Gasteiger partial charge in [-0.2, -0.15) is 0 Å². The Morgan fingerprint density at radius 3 is 2.77 bits per heavy atom. The Labute approximate surface area is 156 Å². The Morgan fingerprint density at radius 1 is 1.08 bits per heavy atom. The molecule has 26 heavy (non-hydrogen) atoms. The summed E-state index contributed by atoms with van der Waals surface area (Å²) in [7, 11) is 0. The van der Waals surface area contributed by atoms with Gasteiger partial charge in [0.15, 0.2) is 0 Å². The van der Waals surface area contributed by atoms with Crippen LogP contribution in [0.4, 0.5) is 0 Å². The van der Waals surface area contributed by atoms with E-state index in [9.17, 15) is 0 Å². The number of fused-ring (bicyclic) bond motifs is 1. The molecular formula is C20H20N4OS. The molecule has 0 saturated carbocycles. The predicted octanol–water partition coefficient (Wildman–Crippen LogP) is 4.66. The number of benzene rings is 1. The standard InChI is InChI=1S/C20H20N4OS/c1-14-8-9-18-21-17(12-24(18)11-14)13-26-20-23-22-19(25-20)10-15(2)16-6-4-3-5-7-16/h3-9,11-12,15H,10,13H2,1-2H3. The third kappa shape index (κ3) is 3.80. The normalized spacial score (nSPS) is 12.5. The number of pyridine rings is 1. The summed E-state index contributed by atoms with van der Waals surface area (Å²) >= 11 is 1.52.